The summed E-state index contributed by atoms with van der Waals surface area (Å²) in [6.45, 7) is 1.51. The van der Waals surface area contributed by atoms with Crippen molar-refractivity contribution in [2.75, 3.05) is 0 Å². The van der Waals surface area contributed by atoms with Crippen LogP contribution in [0, 0.1) is 0 Å². The maximum atomic E-state index is 5.90. The maximum absolute atomic E-state index is 5.90. The molecule has 0 unspecified atom stereocenters. The van der Waals surface area contributed by atoms with Gasteiger partial charge in [-0.05, 0) is 56.7 Å². The molecule has 4 aromatic carbocycles. The first-order valence-corrected chi connectivity index (χ1v) is 15.2. The lowest BCUT2D eigenvalue weighted by molar-refractivity contribution is 0.421. The summed E-state index contributed by atoms with van der Waals surface area (Å²) in [6.07, 6.45) is 1.80. The average molecular weight is 559 g/mol. The van der Waals surface area contributed by atoms with Gasteiger partial charge in [0.2, 0.25) is 0 Å². The Labute approximate surface area is 239 Å². The number of rotatable bonds is 9. The summed E-state index contributed by atoms with van der Waals surface area (Å²) in [6, 6.07) is 42.3. The zero-order chi connectivity index (χ0) is 25.7. The monoisotopic (exact) mass is 558 g/mol. The summed E-state index contributed by atoms with van der Waals surface area (Å²) in [5.74, 6) is 0. The third kappa shape index (κ3) is 9.63. The molecule has 4 rings (SSSR count). The largest absolute Gasteiger partial charge is 0.367 e. The van der Waals surface area contributed by atoms with Crippen molar-refractivity contribution < 1.29 is 0 Å². The van der Waals surface area contributed by atoms with Crippen molar-refractivity contribution in [3.63, 3.8) is 0 Å². The van der Waals surface area contributed by atoms with E-state index in [1.165, 1.54) is 33.0 Å². The summed E-state index contributed by atoms with van der Waals surface area (Å²) in [4.78, 5) is 2.24. The summed E-state index contributed by atoms with van der Waals surface area (Å²) in [7, 11) is 3.09. The molecule has 188 valence electrons. The van der Waals surface area contributed by atoms with Crippen LogP contribution >= 0.6 is 46.0 Å². The fraction of sp³-hybridized carbons (Fsp3) is 0.161. The van der Waals surface area contributed by atoms with Gasteiger partial charge in [0, 0.05) is 19.1 Å². The number of thiocarbonyl (C=S) groups is 2. The topological polar surface area (TPSA) is 15.3 Å². The third-order valence-corrected chi connectivity index (χ3v) is 9.34. The van der Waals surface area contributed by atoms with E-state index in [9.17, 15) is 0 Å². The van der Waals surface area contributed by atoms with Crippen molar-refractivity contribution in [3.05, 3.63) is 144 Å². The molecule has 0 radical (unpaired) electrons. The molecule has 0 heterocycles. The maximum Gasteiger partial charge on any atom is 0.148 e. The molecular weight excluding hydrogens is 529 g/mol. The van der Waals surface area contributed by atoms with E-state index in [0.717, 1.165) is 34.6 Å². The molecule has 4 aromatic rings. The van der Waals surface area contributed by atoms with E-state index in [0.29, 0.717) is 0 Å². The van der Waals surface area contributed by atoms with Crippen molar-refractivity contribution in [2.24, 2.45) is 0 Å². The molecule has 0 bridgehead atoms. The smallest absolute Gasteiger partial charge is 0.148 e. The van der Waals surface area contributed by atoms with Gasteiger partial charge in [-0.2, -0.15) is 0 Å². The van der Waals surface area contributed by atoms with Crippen LogP contribution in [0.1, 0.15) is 22.3 Å². The molecule has 6 heteroatoms. The van der Waals surface area contributed by atoms with Gasteiger partial charge in [0.05, 0.1) is 0 Å². The van der Waals surface area contributed by atoms with E-state index >= 15 is 0 Å². The van der Waals surface area contributed by atoms with Crippen LogP contribution in [0.15, 0.2) is 121 Å². The first-order valence-electron chi connectivity index (χ1n) is 12.3. The molecule has 0 amide bonds. The Hall–Kier alpha value is -2.64. The van der Waals surface area contributed by atoms with Gasteiger partial charge >= 0.3 is 0 Å². The lowest BCUT2D eigenvalue weighted by atomic mass is 9.99. The fourth-order valence-electron chi connectivity index (χ4n) is 4.08. The zero-order valence-corrected chi connectivity index (χ0v) is 23.8. The van der Waals surface area contributed by atoms with E-state index in [-0.39, 0.29) is 6.04 Å². The molecule has 0 aliphatic heterocycles. The van der Waals surface area contributed by atoms with Crippen LogP contribution in [0.3, 0.4) is 0 Å². The highest BCUT2D eigenvalue weighted by molar-refractivity contribution is 8.89. The van der Waals surface area contributed by atoms with E-state index < -0.39 is 0 Å². The van der Waals surface area contributed by atoms with E-state index in [4.69, 9.17) is 24.4 Å². The van der Waals surface area contributed by atoms with Gasteiger partial charge < -0.3 is 10.2 Å². The Morgan fingerprint density at radius 1 is 0.568 bits per heavy atom. The van der Waals surface area contributed by atoms with Crippen molar-refractivity contribution >= 4 is 54.7 Å². The first kappa shape index (κ1) is 27.4. The van der Waals surface area contributed by atoms with E-state index in [2.05, 4.69) is 119 Å². The fourth-order valence-corrected chi connectivity index (χ4v) is 6.49. The van der Waals surface area contributed by atoms with Gasteiger partial charge in [-0.1, -0.05) is 146 Å². The Morgan fingerprint density at radius 2 is 0.946 bits per heavy atom. The Morgan fingerprint density at radius 3 is 1.35 bits per heavy atom. The standard InChI is InChI=1S/C31H30N2S4/c34-30(32-29(21-25-13-5-1-6-14-25)22-26-15-7-2-8-16-26)36-37-31(35)33(23-27-17-9-3-10-18-27)24-28-19-11-4-12-20-28/h1-20,29H,21-24H2,(H,32,34). The predicted octanol–water partition coefficient (Wildman–Crippen LogP) is 8.08. The first-order chi connectivity index (χ1) is 18.2. The van der Waals surface area contributed by atoms with Gasteiger partial charge in [0.25, 0.3) is 0 Å². The van der Waals surface area contributed by atoms with Crippen LogP contribution in [0.25, 0.3) is 0 Å². The second kappa shape index (κ2) is 14.9. The van der Waals surface area contributed by atoms with Crippen molar-refractivity contribution in [2.45, 2.75) is 32.0 Å². The second-order valence-electron chi connectivity index (χ2n) is 8.77. The van der Waals surface area contributed by atoms with Gasteiger partial charge in [-0.3, -0.25) is 0 Å². The third-order valence-electron chi connectivity index (χ3n) is 5.85. The van der Waals surface area contributed by atoms with Crippen molar-refractivity contribution in [1.82, 2.24) is 10.2 Å². The highest BCUT2D eigenvalue weighted by atomic mass is 33.1. The van der Waals surface area contributed by atoms with Crippen LogP contribution in [-0.4, -0.2) is 19.6 Å². The van der Waals surface area contributed by atoms with Gasteiger partial charge in [0.15, 0.2) is 0 Å². The molecule has 0 fully saturated rings. The Balaban J connectivity index is 1.38. The van der Waals surface area contributed by atoms with Gasteiger partial charge in [-0.25, -0.2) is 0 Å². The Kier molecular flexibility index (Phi) is 11.1. The molecule has 37 heavy (non-hydrogen) atoms. The number of nitrogens with one attached hydrogen (secondary N) is 1. The Bertz CT molecular complexity index is 1150. The molecule has 0 aliphatic carbocycles. The zero-order valence-electron chi connectivity index (χ0n) is 20.5. The number of hydrogen-bond acceptors (Lipinski definition) is 4. The SMILES string of the molecule is S=C(NC(Cc1ccccc1)Cc1ccccc1)SSC(=S)N(Cc1ccccc1)Cc1ccccc1. The van der Waals surface area contributed by atoms with Crippen LogP contribution in [0.2, 0.25) is 0 Å². The van der Waals surface area contributed by atoms with Crippen molar-refractivity contribution in [1.29, 1.82) is 0 Å². The van der Waals surface area contributed by atoms with E-state index in [1.807, 2.05) is 12.1 Å². The summed E-state index contributed by atoms with van der Waals surface area (Å²) < 4.78 is 1.58. The average Bonchev–Trinajstić information content (AvgIpc) is 2.93. The number of hydrogen-bond donors (Lipinski definition) is 1. The second-order valence-corrected chi connectivity index (χ2v) is 12.2. The number of benzene rings is 4. The normalized spacial score (nSPS) is 10.7. The quantitative estimate of drug-likeness (QED) is 0.164. The van der Waals surface area contributed by atoms with Crippen LogP contribution in [0.5, 0.6) is 0 Å². The predicted molar refractivity (Wildman–Crippen MR) is 170 cm³/mol. The van der Waals surface area contributed by atoms with E-state index in [1.54, 1.807) is 10.8 Å². The molecule has 1 N–H and O–H groups in total. The molecule has 0 spiro atoms. The lowest BCUT2D eigenvalue weighted by Crippen LogP contribution is -2.35. The van der Waals surface area contributed by atoms with Crippen LogP contribution in [-0.2, 0) is 25.9 Å². The molecule has 0 atom stereocenters. The molecule has 0 aliphatic rings. The summed E-state index contributed by atoms with van der Waals surface area (Å²) in [5, 5.41) is 3.60. The van der Waals surface area contributed by atoms with Crippen LogP contribution < -0.4 is 5.32 Å². The molecule has 2 nitrogen and oxygen atoms in total. The van der Waals surface area contributed by atoms with Crippen LogP contribution in [0.4, 0.5) is 0 Å². The molecule has 0 saturated heterocycles. The molecule has 0 aromatic heterocycles. The van der Waals surface area contributed by atoms with Gasteiger partial charge in [-0.15, -0.1) is 0 Å². The number of nitrogens with zero attached hydrogens (tertiary/aromatic N) is 1. The minimum atomic E-state index is 0.198. The minimum Gasteiger partial charge on any atom is -0.367 e. The van der Waals surface area contributed by atoms with Crippen molar-refractivity contribution in [3.8, 4) is 0 Å². The van der Waals surface area contributed by atoms with Gasteiger partial charge in [0.1, 0.15) is 8.64 Å². The molecular formula is C31H30N2S4. The highest BCUT2D eigenvalue weighted by Gasteiger charge is 2.16. The summed E-state index contributed by atoms with van der Waals surface area (Å²) in [5.41, 5.74) is 5.06. The highest BCUT2D eigenvalue weighted by Crippen LogP contribution is 2.28. The minimum absolute atomic E-state index is 0.198. The molecule has 0 saturated carbocycles. The lowest BCUT2D eigenvalue weighted by Gasteiger charge is -2.25. The summed E-state index contributed by atoms with van der Waals surface area (Å²) >= 11 is 11.7.